The number of nitrogens with zero attached hydrogens (tertiary/aromatic N) is 1. The second-order valence-corrected chi connectivity index (χ2v) is 4.89. The molecular weight excluding hydrogens is 289 g/mol. The minimum atomic E-state index is -4.67. The normalized spacial score (nSPS) is 11.4. The monoisotopic (exact) mass is 302 g/mol. The van der Waals surface area contributed by atoms with E-state index in [-0.39, 0.29) is 5.75 Å². The summed E-state index contributed by atoms with van der Waals surface area (Å²) in [6, 6.07) is 5.67. The Labute approximate surface area is 118 Å². The van der Waals surface area contributed by atoms with Crippen LogP contribution in [0.1, 0.15) is 13.3 Å². The molecule has 0 spiro atoms. The lowest BCUT2D eigenvalue weighted by atomic mass is 10.2. The van der Waals surface area contributed by atoms with Gasteiger partial charge in [-0.3, -0.25) is 0 Å². The molecule has 0 bridgehead atoms. The van der Waals surface area contributed by atoms with Crippen molar-refractivity contribution in [3.8, 4) is 17.0 Å². The SMILES string of the molecule is CCCNc1nc(-c2ccc(OC(F)(F)F)cc2)cs1. The van der Waals surface area contributed by atoms with E-state index in [0.29, 0.717) is 0 Å². The summed E-state index contributed by atoms with van der Waals surface area (Å²) in [5, 5.41) is 5.82. The Morgan fingerprint density at radius 3 is 2.55 bits per heavy atom. The number of aromatic nitrogens is 1. The van der Waals surface area contributed by atoms with Crippen LogP contribution in [0.25, 0.3) is 11.3 Å². The number of hydrogen-bond acceptors (Lipinski definition) is 4. The zero-order valence-electron chi connectivity index (χ0n) is 10.7. The van der Waals surface area contributed by atoms with Crippen molar-refractivity contribution in [3.05, 3.63) is 29.6 Å². The molecule has 20 heavy (non-hydrogen) atoms. The summed E-state index contributed by atoms with van der Waals surface area (Å²) < 4.78 is 40.0. The fourth-order valence-corrected chi connectivity index (χ4v) is 2.30. The molecule has 108 valence electrons. The van der Waals surface area contributed by atoms with Gasteiger partial charge in [0, 0.05) is 17.5 Å². The van der Waals surface area contributed by atoms with Crippen LogP contribution in [0.5, 0.6) is 5.75 Å². The van der Waals surface area contributed by atoms with Gasteiger partial charge in [0.2, 0.25) is 0 Å². The molecule has 0 aliphatic carbocycles. The fraction of sp³-hybridized carbons (Fsp3) is 0.308. The molecule has 0 saturated heterocycles. The Kier molecular flexibility index (Phi) is 4.49. The summed E-state index contributed by atoms with van der Waals surface area (Å²) in [5.74, 6) is -0.235. The van der Waals surface area contributed by atoms with Crippen LogP contribution in [0, 0.1) is 0 Å². The molecule has 1 heterocycles. The number of alkyl halides is 3. The third kappa shape index (κ3) is 4.12. The molecule has 2 rings (SSSR count). The summed E-state index contributed by atoms with van der Waals surface area (Å²) in [6.45, 7) is 2.90. The number of halogens is 3. The van der Waals surface area contributed by atoms with Crippen molar-refractivity contribution in [2.45, 2.75) is 19.7 Å². The Bertz CT molecular complexity index is 551. The summed E-state index contributed by atoms with van der Waals surface area (Å²) in [4.78, 5) is 4.37. The van der Waals surface area contributed by atoms with Crippen LogP contribution in [0.4, 0.5) is 18.3 Å². The van der Waals surface area contributed by atoms with E-state index in [1.807, 2.05) is 5.38 Å². The molecule has 0 radical (unpaired) electrons. The van der Waals surface area contributed by atoms with Gasteiger partial charge in [-0.1, -0.05) is 6.92 Å². The highest BCUT2D eigenvalue weighted by Crippen LogP contribution is 2.28. The zero-order valence-corrected chi connectivity index (χ0v) is 11.5. The number of hydrogen-bond donors (Lipinski definition) is 1. The van der Waals surface area contributed by atoms with Gasteiger partial charge in [0.15, 0.2) is 5.13 Å². The summed E-state index contributed by atoms with van der Waals surface area (Å²) >= 11 is 1.47. The second-order valence-electron chi connectivity index (χ2n) is 4.04. The van der Waals surface area contributed by atoms with E-state index in [1.165, 1.54) is 23.5 Å². The van der Waals surface area contributed by atoms with E-state index in [4.69, 9.17) is 0 Å². The predicted octanol–water partition coefficient (Wildman–Crippen LogP) is 4.53. The Hall–Kier alpha value is -1.76. The molecule has 7 heteroatoms. The minimum Gasteiger partial charge on any atom is -0.406 e. The van der Waals surface area contributed by atoms with Crippen molar-refractivity contribution in [3.63, 3.8) is 0 Å². The first-order chi connectivity index (χ1) is 9.48. The zero-order chi connectivity index (χ0) is 14.6. The highest BCUT2D eigenvalue weighted by atomic mass is 32.1. The highest BCUT2D eigenvalue weighted by Gasteiger charge is 2.30. The van der Waals surface area contributed by atoms with Gasteiger partial charge in [0.1, 0.15) is 5.75 Å². The Morgan fingerprint density at radius 1 is 1.25 bits per heavy atom. The molecular formula is C13H13F3N2OS. The smallest absolute Gasteiger partial charge is 0.406 e. The van der Waals surface area contributed by atoms with E-state index in [9.17, 15) is 13.2 Å². The molecule has 0 atom stereocenters. The van der Waals surface area contributed by atoms with Crippen LogP contribution in [-0.4, -0.2) is 17.9 Å². The largest absolute Gasteiger partial charge is 0.573 e. The van der Waals surface area contributed by atoms with E-state index in [0.717, 1.165) is 29.4 Å². The lowest BCUT2D eigenvalue weighted by Crippen LogP contribution is -2.16. The van der Waals surface area contributed by atoms with Gasteiger partial charge < -0.3 is 10.1 Å². The molecule has 0 fully saturated rings. The third-order valence-corrected chi connectivity index (χ3v) is 3.21. The first kappa shape index (κ1) is 14.6. The average Bonchev–Trinajstić information content (AvgIpc) is 2.84. The van der Waals surface area contributed by atoms with Gasteiger partial charge in [-0.15, -0.1) is 24.5 Å². The predicted molar refractivity (Wildman–Crippen MR) is 73.0 cm³/mol. The molecule has 0 unspecified atom stereocenters. The van der Waals surface area contributed by atoms with Gasteiger partial charge in [-0.05, 0) is 30.7 Å². The number of ether oxygens (including phenoxy) is 1. The molecule has 1 aromatic heterocycles. The molecule has 0 aliphatic heterocycles. The van der Waals surface area contributed by atoms with Crippen molar-refractivity contribution in [1.29, 1.82) is 0 Å². The fourth-order valence-electron chi connectivity index (χ4n) is 1.55. The first-order valence-corrected chi connectivity index (χ1v) is 6.91. The van der Waals surface area contributed by atoms with Gasteiger partial charge in [0.05, 0.1) is 5.69 Å². The van der Waals surface area contributed by atoms with Crippen LogP contribution < -0.4 is 10.1 Å². The molecule has 0 aliphatic rings. The average molecular weight is 302 g/mol. The lowest BCUT2D eigenvalue weighted by Gasteiger charge is -2.08. The Balaban J connectivity index is 2.07. The van der Waals surface area contributed by atoms with Gasteiger partial charge in [-0.2, -0.15) is 0 Å². The second kappa shape index (κ2) is 6.13. The molecule has 3 nitrogen and oxygen atoms in total. The minimum absolute atomic E-state index is 0.235. The van der Waals surface area contributed by atoms with Gasteiger partial charge >= 0.3 is 6.36 Å². The van der Waals surface area contributed by atoms with Gasteiger partial charge in [0.25, 0.3) is 0 Å². The third-order valence-electron chi connectivity index (χ3n) is 2.41. The summed E-state index contributed by atoms with van der Waals surface area (Å²) in [5.41, 5.74) is 1.48. The van der Waals surface area contributed by atoms with Crippen molar-refractivity contribution in [2.75, 3.05) is 11.9 Å². The lowest BCUT2D eigenvalue weighted by molar-refractivity contribution is -0.274. The number of benzene rings is 1. The molecule has 1 N–H and O–H groups in total. The maximum Gasteiger partial charge on any atom is 0.573 e. The molecule has 0 amide bonds. The number of nitrogens with one attached hydrogen (secondary N) is 1. The van der Waals surface area contributed by atoms with Crippen LogP contribution in [0.2, 0.25) is 0 Å². The summed E-state index contributed by atoms with van der Waals surface area (Å²) in [6.07, 6.45) is -3.67. The van der Waals surface area contributed by atoms with Crippen LogP contribution in [0.15, 0.2) is 29.6 Å². The van der Waals surface area contributed by atoms with Crippen LogP contribution in [-0.2, 0) is 0 Å². The topological polar surface area (TPSA) is 34.2 Å². The highest BCUT2D eigenvalue weighted by molar-refractivity contribution is 7.14. The van der Waals surface area contributed by atoms with E-state index >= 15 is 0 Å². The van der Waals surface area contributed by atoms with Crippen LogP contribution in [0.3, 0.4) is 0 Å². The number of rotatable bonds is 5. The maximum absolute atomic E-state index is 12.0. The molecule has 1 aromatic carbocycles. The quantitative estimate of drug-likeness (QED) is 0.881. The van der Waals surface area contributed by atoms with Crippen molar-refractivity contribution in [2.24, 2.45) is 0 Å². The standard InChI is InChI=1S/C13H13F3N2OS/c1-2-7-17-12-18-11(8-20-12)9-3-5-10(6-4-9)19-13(14,15)16/h3-6,8H,2,7H2,1H3,(H,17,18). The summed E-state index contributed by atoms with van der Waals surface area (Å²) in [7, 11) is 0. The Morgan fingerprint density at radius 2 is 1.95 bits per heavy atom. The van der Waals surface area contributed by atoms with E-state index in [2.05, 4.69) is 22.0 Å². The van der Waals surface area contributed by atoms with E-state index < -0.39 is 6.36 Å². The number of thiazole rings is 1. The van der Waals surface area contributed by atoms with Crippen molar-refractivity contribution >= 4 is 16.5 Å². The van der Waals surface area contributed by atoms with Crippen LogP contribution >= 0.6 is 11.3 Å². The van der Waals surface area contributed by atoms with Crippen molar-refractivity contribution in [1.82, 2.24) is 4.98 Å². The molecule has 2 aromatic rings. The van der Waals surface area contributed by atoms with Crippen molar-refractivity contribution < 1.29 is 17.9 Å². The molecule has 0 saturated carbocycles. The van der Waals surface area contributed by atoms with E-state index in [1.54, 1.807) is 12.1 Å². The maximum atomic E-state index is 12.0. The van der Waals surface area contributed by atoms with Gasteiger partial charge in [-0.25, -0.2) is 4.98 Å². The number of anilines is 1. The first-order valence-electron chi connectivity index (χ1n) is 6.03.